The predicted molar refractivity (Wildman–Crippen MR) is 103 cm³/mol. The molecule has 2 atom stereocenters. The molecule has 3 rings (SSSR count). The van der Waals surface area contributed by atoms with Gasteiger partial charge in [0.15, 0.2) is 6.10 Å². The molecule has 7 heteroatoms. The zero-order valence-electron chi connectivity index (χ0n) is 14.5. The van der Waals surface area contributed by atoms with Gasteiger partial charge in [-0.05, 0) is 56.7 Å². The molecule has 136 valence electrons. The first-order valence-corrected chi connectivity index (χ1v) is 8.89. The number of aryl methyl sites for hydroxylation is 1. The van der Waals surface area contributed by atoms with Gasteiger partial charge in [-0.25, -0.2) is 0 Å². The lowest BCUT2D eigenvalue weighted by atomic mass is 10.1. The number of fused-ring (bicyclic) bond motifs is 1. The molecule has 0 saturated carbocycles. The van der Waals surface area contributed by atoms with Gasteiger partial charge in [-0.2, -0.15) is 0 Å². The summed E-state index contributed by atoms with van der Waals surface area (Å²) in [7, 11) is 0. The highest BCUT2D eigenvalue weighted by Gasteiger charge is 2.37. The molecule has 2 unspecified atom stereocenters. The molecule has 0 aromatic heterocycles. The summed E-state index contributed by atoms with van der Waals surface area (Å²) < 4.78 is 5.65. The van der Waals surface area contributed by atoms with E-state index in [0.29, 0.717) is 27.2 Å². The first-order valence-electron chi connectivity index (χ1n) is 8.13. The van der Waals surface area contributed by atoms with E-state index in [1.54, 1.807) is 32.0 Å². The zero-order chi connectivity index (χ0) is 19.0. The van der Waals surface area contributed by atoms with Gasteiger partial charge in [0, 0.05) is 15.7 Å². The minimum absolute atomic E-state index is 0.269. The predicted octanol–water partition coefficient (Wildman–Crippen LogP) is 4.44. The number of carbonyl (C=O) groups is 2. The Morgan fingerprint density at radius 2 is 1.85 bits per heavy atom. The fourth-order valence-electron chi connectivity index (χ4n) is 2.86. The summed E-state index contributed by atoms with van der Waals surface area (Å²) in [5.74, 6) is -0.0405. The summed E-state index contributed by atoms with van der Waals surface area (Å²) in [6, 6.07) is 9.57. The van der Waals surface area contributed by atoms with Crippen molar-refractivity contribution in [2.45, 2.75) is 32.9 Å². The molecule has 0 saturated heterocycles. The van der Waals surface area contributed by atoms with Crippen molar-refractivity contribution >= 4 is 46.4 Å². The van der Waals surface area contributed by atoms with Crippen LogP contribution in [0.1, 0.15) is 19.4 Å². The van der Waals surface area contributed by atoms with Crippen LogP contribution >= 0.6 is 23.2 Å². The minimum Gasteiger partial charge on any atom is -0.479 e. The highest BCUT2D eigenvalue weighted by atomic mass is 35.5. The number of nitrogens with one attached hydrogen (secondary N) is 1. The van der Waals surface area contributed by atoms with Crippen molar-refractivity contribution in [2.75, 3.05) is 10.2 Å². The molecule has 2 aromatic rings. The molecule has 2 aromatic carbocycles. The van der Waals surface area contributed by atoms with Crippen LogP contribution in [0.5, 0.6) is 5.75 Å². The lowest BCUT2D eigenvalue weighted by Crippen LogP contribution is -2.52. The van der Waals surface area contributed by atoms with Gasteiger partial charge < -0.3 is 10.1 Å². The molecule has 5 nitrogen and oxygen atoms in total. The standard InChI is InChI=1S/C19H18Cl2N2O3/c1-10-4-5-17-16(6-10)23(19(25)12(3)26-17)11(2)18(24)22-15-8-13(20)7-14(21)9-15/h4-9,11-12H,1-3H3,(H,22,24). The first kappa shape index (κ1) is 18.5. The first-order chi connectivity index (χ1) is 12.3. The zero-order valence-corrected chi connectivity index (χ0v) is 16.1. The van der Waals surface area contributed by atoms with E-state index in [2.05, 4.69) is 5.32 Å². The Kier molecular flexibility index (Phi) is 5.12. The third-order valence-electron chi connectivity index (χ3n) is 4.16. The van der Waals surface area contributed by atoms with Crippen molar-refractivity contribution in [2.24, 2.45) is 0 Å². The molecular weight excluding hydrogens is 375 g/mol. The second-order valence-electron chi connectivity index (χ2n) is 6.26. The number of hydrogen-bond acceptors (Lipinski definition) is 3. The van der Waals surface area contributed by atoms with E-state index in [0.717, 1.165) is 5.56 Å². The quantitative estimate of drug-likeness (QED) is 0.839. The normalized spacial score (nSPS) is 17.3. The van der Waals surface area contributed by atoms with Gasteiger partial charge in [0.1, 0.15) is 11.8 Å². The highest BCUT2D eigenvalue weighted by Crippen LogP contribution is 2.36. The average molecular weight is 393 g/mol. The van der Waals surface area contributed by atoms with Gasteiger partial charge in [-0.15, -0.1) is 0 Å². The van der Waals surface area contributed by atoms with Crippen LogP contribution in [0.25, 0.3) is 0 Å². The van der Waals surface area contributed by atoms with E-state index in [-0.39, 0.29) is 11.8 Å². The Bertz CT molecular complexity index is 865. The maximum Gasteiger partial charge on any atom is 0.268 e. The maximum atomic E-state index is 12.7. The van der Waals surface area contributed by atoms with E-state index in [1.807, 2.05) is 25.1 Å². The van der Waals surface area contributed by atoms with Gasteiger partial charge in [0.2, 0.25) is 5.91 Å². The molecule has 0 aliphatic carbocycles. The molecule has 1 aliphatic heterocycles. The summed E-state index contributed by atoms with van der Waals surface area (Å²) in [6.07, 6.45) is -0.666. The Morgan fingerprint density at radius 1 is 1.19 bits per heavy atom. The Labute approximate surface area is 161 Å². The molecule has 1 aliphatic rings. The van der Waals surface area contributed by atoms with Crippen LogP contribution in [0.4, 0.5) is 11.4 Å². The van der Waals surface area contributed by atoms with Crippen molar-refractivity contribution < 1.29 is 14.3 Å². The molecule has 0 bridgehead atoms. The SMILES string of the molecule is Cc1ccc2c(c1)N(C(C)C(=O)Nc1cc(Cl)cc(Cl)c1)C(=O)C(C)O2. The molecule has 26 heavy (non-hydrogen) atoms. The fourth-order valence-corrected chi connectivity index (χ4v) is 3.39. The number of carbonyl (C=O) groups excluding carboxylic acids is 2. The van der Waals surface area contributed by atoms with Crippen LogP contribution in [0.3, 0.4) is 0 Å². The topological polar surface area (TPSA) is 58.6 Å². The van der Waals surface area contributed by atoms with Crippen LogP contribution in [-0.4, -0.2) is 24.0 Å². The van der Waals surface area contributed by atoms with E-state index in [4.69, 9.17) is 27.9 Å². The van der Waals surface area contributed by atoms with E-state index in [9.17, 15) is 9.59 Å². The van der Waals surface area contributed by atoms with Gasteiger partial charge >= 0.3 is 0 Å². The second kappa shape index (κ2) is 7.17. The lowest BCUT2D eigenvalue weighted by molar-refractivity contribution is -0.128. The molecule has 1 N–H and O–H groups in total. The Hall–Kier alpha value is -2.24. The van der Waals surface area contributed by atoms with E-state index >= 15 is 0 Å². The van der Waals surface area contributed by atoms with Crippen molar-refractivity contribution in [1.82, 2.24) is 0 Å². The molecule has 0 radical (unpaired) electrons. The number of ether oxygens (including phenoxy) is 1. The van der Waals surface area contributed by atoms with Crippen LogP contribution in [0.2, 0.25) is 10.0 Å². The maximum absolute atomic E-state index is 12.7. The molecule has 2 amide bonds. The minimum atomic E-state index is -0.743. The number of amides is 2. The van der Waals surface area contributed by atoms with Crippen LogP contribution in [-0.2, 0) is 9.59 Å². The smallest absolute Gasteiger partial charge is 0.268 e. The van der Waals surface area contributed by atoms with Crippen molar-refractivity contribution in [3.63, 3.8) is 0 Å². The number of rotatable bonds is 3. The van der Waals surface area contributed by atoms with Crippen LogP contribution < -0.4 is 15.0 Å². The summed E-state index contributed by atoms with van der Waals surface area (Å²) in [6.45, 7) is 5.25. The molecule has 1 heterocycles. The third-order valence-corrected chi connectivity index (χ3v) is 4.60. The average Bonchev–Trinajstić information content (AvgIpc) is 2.55. The molecule has 0 fully saturated rings. The third kappa shape index (κ3) is 3.64. The van der Waals surface area contributed by atoms with Crippen molar-refractivity contribution in [1.29, 1.82) is 0 Å². The second-order valence-corrected chi connectivity index (χ2v) is 7.14. The monoisotopic (exact) mass is 392 g/mol. The van der Waals surface area contributed by atoms with E-state index < -0.39 is 12.1 Å². The summed E-state index contributed by atoms with van der Waals surface area (Å²) in [5.41, 5.74) is 2.02. The van der Waals surface area contributed by atoms with Gasteiger partial charge in [-0.1, -0.05) is 29.3 Å². The fraction of sp³-hybridized carbons (Fsp3) is 0.263. The number of anilines is 2. The van der Waals surface area contributed by atoms with E-state index in [1.165, 1.54) is 4.90 Å². The summed E-state index contributed by atoms with van der Waals surface area (Å²) in [4.78, 5) is 26.9. The van der Waals surface area contributed by atoms with Crippen molar-refractivity contribution in [3.05, 3.63) is 52.0 Å². The Morgan fingerprint density at radius 3 is 2.50 bits per heavy atom. The number of nitrogens with zero attached hydrogens (tertiary/aromatic N) is 1. The summed E-state index contributed by atoms with van der Waals surface area (Å²) in [5, 5.41) is 3.59. The van der Waals surface area contributed by atoms with Gasteiger partial charge in [0.25, 0.3) is 5.91 Å². The lowest BCUT2D eigenvalue weighted by Gasteiger charge is -2.36. The summed E-state index contributed by atoms with van der Waals surface area (Å²) >= 11 is 11.9. The number of halogens is 2. The molecular formula is C19H18Cl2N2O3. The van der Waals surface area contributed by atoms with Gasteiger partial charge in [0.05, 0.1) is 5.69 Å². The van der Waals surface area contributed by atoms with Gasteiger partial charge in [-0.3, -0.25) is 14.5 Å². The highest BCUT2D eigenvalue weighted by molar-refractivity contribution is 6.35. The van der Waals surface area contributed by atoms with Crippen LogP contribution in [0, 0.1) is 6.92 Å². The number of benzene rings is 2. The Balaban J connectivity index is 1.90. The van der Waals surface area contributed by atoms with Crippen LogP contribution in [0.15, 0.2) is 36.4 Å². The molecule has 0 spiro atoms. The largest absolute Gasteiger partial charge is 0.479 e. The van der Waals surface area contributed by atoms with Crippen molar-refractivity contribution in [3.8, 4) is 5.75 Å². The number of hydrogen-bond donors (Lipinski definition) is 1.